The van der Waals surface area contributed by atoms with E-state index < -0.39 is 40.4 Å². The number of carbonyl (C=O) groups excluding carboxylic acids is 1. The van der Waals surface area contributed by atoms with Crippen LogP contribution in [0.1, 0.15) is 10.4 Å². The molecule has 0 saturated carbocycles. The number of benzene rings is 1. The van der Waals surface area contributed by atoms with Gasteiger partial charge < -0.3 is 11.1 Å². The molecule has 0 aliphatic rings. The smallest absolute Gasteiger partial charge is 0.257 e. The molecule has 0 heterocycles. The molecular formula is C11H11F4N3OS. The summed E-state index contributed by atoms with van der Waals surface area (Å²) < 4.78 is 55.9. The van der Waals surface area contributed by atoms with Gasteiger partial charge in [0.25, 0.3) is 5.91 Å². The first-order chi connectivity index (χ1) is 9.41. The van der Waals surface area contributed by atoms with Crippen molar-refractivity contribution in [2.45, 2.75) is 0 Å². The maximum atomic E-state index is 13.4. The third-order valence-electron chi connectivity index (χ3n) is 2.20. The standard InChI is InChI=1S/C11H11F4N3OS/c1-2-20-18-4-3-17-11(19)5-6(12)8(14)10(16)9(15)7(5)13/h2,18H,1,3-4,16H2,(H,17,19). The number of anilines is 1. The first kappa shape index (κ1) is 16.3. The van der Waals surface area contributed by atoms with Crippen LogP contribution in [0.2, 0.25) is 0 Å². The summed E-state index contributed by atoms with van der Waals surface area (Å²) in [4.78, 5) is 11.5. The fraction of sp³-hybridized carbons (Fsp3) is 0.182. The lowest BCUT2D eigenvalue weighted by Gasteiger charge is -2.10. The van der Waals surface area contributed by atoms with Gasteiger partial charge in [-0.3, -0.25) is 9.52 Å². The second-order valence-corrected chi connectivity index (χ2v) is 4.34. The SMILES string of the molecule is C=CSNCCNC(=O)c1c(F)c(F)c(N)c(F)c1F. The number of hydrogen-bond donors (Lipinski definition) is 3. The summed E-state index contributed by atoms with van der Waals surface area (Å²) >= 11 is 1.15. The van der Waals surface area contributed by atoms with E-state index in [1.54, 1.807) is 0 Å². The van der Waals surface area contributed by atoms with Gasteiger partial charge in [-0.05, 0) is 5.41 Å². The van der Waals surface area contributed by atoms with Gasteiger partial charge in [-0.2, -0.15) is 0 Å². The third-order valence-corrected chi connectivity index (χ3v) is 2.74. The average Bonchev–Trinajstić information content (AvgIpc) is 2.43. The van der Waals surface area contributed by atoms with Crippen molar-refractivity contribution in [3.05, 3.63) is 40.8 Å². The minimum absolute atomic E-state index is 0.00777. The second kappa shape index (κ2) is 7.15. The van der Waals surface area contributed by atoms with Crippen LogP contribution in [0.3, 0.4) is 0 Å². The number of hydrogen-bond acceptors (Lipinski definition) is 4. The Morgan fingerprint density at radius 2 is 1.70 bits per heavy atom. The van der Waals surface area contributed by atoms with Gasteiger partial charge in [0.05, 0.1) is 0 Å². The van der Waals surface area contributed by atoms with E-state index in [-0.39, 0.29) is 13.1 Å². The lowest BCUT2D eigenvalue weighted by molar-refractivity contribution is 0.0943. The van der Waals surface area contributed by atoms with Crippen molar-refractivity contribution < 1.29 is 22.4 Å². The van der Waals surface area contributed by atoms with Gasteiger partial charge in [0, 0.05) is 13.1 Å². The first-order valence-corrected chi connectivity index (χ1v) is 6.18. The molecule has 0 saturated heterocycles. The van der Waals surface area contributed by atoms with Crippen molar-refractivity contribution in [1.82, 2.24) is 10.0 Å². The molecule has 110 valence electrons. The Bertz CT molecular complexity index is 510. The summed E-state index contributed by atoms with van der Waals surface area (Å²) in [6.07, 6.45) is 0. The van der Waals surface area contributed by atoms with E-state index in [2.05, 4.69) is 16.6 Å². The predicted molar refractivity (Wildman–Crippen MR) is 68.8 cm³/mol. The summed E-state index contributed by atoms with van der Waals surface area (Å²) in [5, 5.41) is 3.60. The number of carbonyl (C=O) groups is 1. The minimum atomic E-state index is -1.83. The normalized spacial score (nSPS) is 10.4. The fourth-order valence-electron chi connectivity index (χ4n) is 1.28. The minimum Gasteiger partial charge on any atom is -0.394 e. The van der Waals surface area contributed by atoms with Gasteiger partial charge in [-0.15, -0.1) is 0 Å². The highest BCUT2D eigenvalue weighted by atomic mass is 32.2. The molecule has 0 bridgehead atoms. The molecule has 0 aromatic heterocycles. The number of nitrogens with two attached hydrogens (primary N) is 1. The summed E-state index contributed by atoms with van der Waals surface area (Å²) in [5.41, 5.74) is 2.18. The van der Waals surface area contributed by atoms with Crippen LogP contribution in [-0.2, 0) is 0 Å². The van der Waals surface area contributed by atoms with E-state index in [4.69, 9.17) is 5.73 Å². The molecule has 4 N–H and O–H groups in total. The second-order valence-electron chi connectivity index (χ2n) is 3.48. The molecule has 0 radical (unpaired) electrons. The van der Waals surface area contributed by atoms with Crippen LogP contribution in [0.5, 0.6) is 0 Å². The van der Waals surface area contributed by atoms with Crippen molar-refractivity contribution in [1.29, 1.82) is 0 Å². The van der Waals surface area contributed by atoms with E-state index >= 15 is 0 Å². The van der Waals surface area contributed by atoms with Crippen LogP contribution in [0, 0.1) is 23.3 Å². The molecule has 1 aromatic carbocycles. The molecule has 0 spiro atoms. The summed E-state index contributed by atoms with van der Waals surface area (Å²) in [7, 11) is 0. The maximum Gasteiger partial charge on any atom is 0.257 e. The average molecular weight is 309 g/mol. The molecule has 1 rings (SSSR count). The van der Waals surface area contributed by atoms with Crippen LogP contribution < -0.4 is 15.8 Å². The number of amides is 1. The lowest BCUT2D eigenvalue weighted by atomic mass is 10.1. The number of nitrogens with one attached hydrogen (secondary N) is 2. The highest BCUT2D eigenvalue weighted by Crippen LogP contribution is 2.25. The van der Waals surface area contributed by atoms with Crippen LogP contribution in [0.4, 0.5) is 23.2 Å². The van der Waals surface area contributed by atoms with E-state index in [0.29, 0.717) is 0 Å². The molecule has 1 amide bonds. The van der Waals surface area contributed by atoms with Gasteiger partial charge in [0.15, 0.2) is 23.3 Å². The summed E-state index contributed by atoms with van der Waals surface area (Å²) in [6.45, 7) is 3.66. The molecule has 4 nitrogen and oxygen atoms in total. The molecule has 0 aliphatic heterocycles. The Balaban J connectivity index is 2.86. The molecule has 0 atom stereocenters. The maximum absolute atomic E-state index is 13.4. The number of halogens is 4. The first-order valence-electron chi connectivity index (χ1n) is 5.30. The molecular weight excluding hydrogens is 298 g/mol. The highest BCUT2D eigenvalue weighted by molar-refractivity contribution is 8.00. The quantitative estimate of drug-likeness (QED) is 0.247. The van der Waals surface area contributed by atoms with Crippen LogP contribution in [-0.4, -0.2) is 19.0 Å². The summed E-state index contributed by atoms with van der Waals surface area (Å²) in [5.74, 6) is -8.52. The van der Waals surface area contributed by atoms with Crippen LogP contribution in [0.15, 0.2) is 12.0 Å². The monoisotopic (exact) mass is 309 g/mol. The van der Waals surface area contributed by atoms with Gasteiger partial charge in [-0.1, -0.05) is 18.5 Å². The van der Waals surface area contributed by atoms with Crippen LogP contribution in [0.25, 0.3) is 0 Å². The van der Waals surface area contributed by atoms with Crippen molar-refractivity contribution in [3.8, 4) is 0 Å². The van der Waals surface area contributed by atoms with Crippen LogP contribution >= 0.6 is 11.9 Å². The van der Waals surface area contributed by atoms with Gasteiger partial charge in [0.2, 0.25) is 0 Å². The highest BCUT2D eigenvalue weighted by Gasteiger charge is 2.27. The zero-order chi connectivity index (χ0) is 15.3. The Morgan fingerprint density at radius 3 is 2.20 bits per heavy atom. The van der Waals surface area contributed by atoms with E-state index in [9.17, 15) is 22.4 Å². The van der Waals surface area contributed by atoms with Crippen molar-refractivity contribution in [2.75, 3.05) is 18.8 Å². The Kier molecular flexibility index (Phi) is 5.83. The topological polar surface area (TPSA) is 67.1 Å². The molecule has 0 fully saturated rings. The van der Waals surface area contributed by atoms with E-state index in [1.807, 2.05) is 0 Å². The third kappa shape index (κ3) is 3.42. The number of rotatable bonds is 6. The largest absolute Gasteiger partial charge is 0.394 e. The lowest BCUT2D eigenvalue weighted by Crippen LogP contribution is -2.31. The molecule has 20 heavy (non-hydrogen) atoms. The van der Waals surface area contributed by atoms with Crippen molar-refractivity contribution in [2.24, 2.45) is 0 Å². The van der Waals surface area contributed by atoms with E-state index in [1.165, 1.54) is 5.41 Å². The van der Waals surface area contributed by atoms with Crippen molar-refractivity contribution >= 4 is 23.5 Å². The zero-order valence-electron chi connectivity index (χ0n) is 10.1. The molecule has 9 heteroatoms. The zero-order valence-corrected chi connectivity index (χ0v) is 10.9. The Labute approximate surface area is 116 Å². The number of nitrogen functional groups attached to an aromatic ring is 1. The van der Waals surface area contributed by atoms with Gasteiger partial charge in [0.1, 0.15) is 11.3 Å². The summed E-state index contributed by atoms with van der Waals surface area (Å²) in [6, 6.07) is 0. The Hall–Kier alpha value is -1.74. The molecule has 0 unspecified atom stereocenters. The Morgan fingerprint density at radius 1 is 1.15 bits per heavy atom. The fourth-order valence-corrected chi connectivity index (χ4v) is 1.62. The van der Waals surface area contributed by atoms with Gasteiger partial charge >= 0.3 is 0 Å². The molecule has 0 aliphatic carbocycles. The van der Waals surface area contributed by atoms with E-state index in [0.717, 1.165) is 11.9 Å². The molecule has 1 aromatic rings. The predicted octanol–water partition coefficient (Wildman–Crippen LogP) is 1.94. The van der Waals surface area contributed by atoms with Gasteiger partial charge in [-0.25, -0.2) is 17.6 Å². The van der Waals surface area contributed by atoms with Crippen molar-refractivity contribution in [3.63, 3.8) is 0 Å².